The fourth-order valence-corrected chi connectivity index (χ4v) is 1.98. The fraction of sp³-hybridized carbons (Fsp3) is 0.462. The summed E-state index contributed by atoms with van der Waals surface area (Å²) in [5.74, 6) is 4.23. The van der Waals surface area contributed by atoms with Crippen molar-refractivity contribution in [1.29, 1.82) is 0 Å². The lowest BCUT2D eigenvalue weighted by molar-refractivity contribution is -0.139. The maximum absolute atomic E-state index is 11.7. The van der Waals surface area contributed by atoms with Gasteiger partial charge in [0.1, 0.15) is 12.4 Å². The number of hydrogen-bond donors (Lipinski definition) is 4. The topological polar surface area (TPSA) is 118 Å². The van der Waals surface area contributed by atoms with Gasteiger partial charge >= 0.3 is 11.8 Å². The predicted octanol–water partition coefficient (Wildman–Crippen LogP) is -0.474. The molecule has 0 aromatic heterocycles. The van der Waals surface area contributed by atoms with Crippen LogP contribution in [0.25, 0.3) is 0 Å². The molecule has 0 aromatic carbocycles. The van der Waals surface area contributed by atoms with Crippen LogP contribution >= 0.6 is 11.6 Å². The minimum atomic E-state index is -0.758. The van der Waals surface area contributed by atoms with E-state index in [0.717, 1.165) is 5.57 Å². The van der Waals surface area contributed by atoms with E-state index in [2.05, 4.69) is 21.1 Å². The monoisotopic (exact) mass is 329 g/mol. The van der Waals surface area contributed by atoms with Gasteiger partial charge in [-0.3, -0.25) is 9.59 Å². The number of hydrazine groups is 1. The highest BCUT2D eigenvalue weighted by Crippen LogP contribution is 2.21. The van der Waals surface area contributed by atoms with Crippen molar-refractivity contribution in [3.8, 4) is 0 Å². The molecule has 22 heavy (non-hydrogen) atoms. The summed E-state index contributed by atoms with van der Waals surface area (Å²) in [5.41, 5.74) is 3.49. The van der Waals surface area contributed by atoms with Crippen molar-refractivity contribution < 1.29 is 14.3 Å². The smallest absolute Gasteiger partial charge is 0.309 e. The van der Waals surface area contributed by atoms with Crippen LogP contribution in [-0.4, -0.2) is 44.0 Å². The maximum Gasteiger partial charge on any atom is 0.309 e. The maximum atomic E-state index is 11.7. The number of methoxy groups -OCH3 is 1. The molecule has 0 saturated heterocycles. The Bertz CT molecular complexity index is 542. The van der Waals surface area contributed by atoms with Gasteiger partial charge in [-0.25, -0.2) is 10.8 Å². The molecular formula is C13H20ClN5O3. The van der Waals surface area contributed by atoms with E-state index in [9.17, 15) is 9.59 Å². The van der Waals surface area contributed by atoms with Gasteiger partial charge < -0.3 is 20.8 Å². The molecule has 0 spiro atoms. The van der Waals surface area contributed by atoms with Gasteiger partial charge in [-0.15, -0.1) is 0 Å². The number of nitrogens with two attached hydrogens (primary N) is 1. The number of halogens is 1. The second-order valence-corrected chi connectivity index (χ2v) is 5.07. The Morgan fingerprint density at radius 2 is 2.23 bits per heavy atom. The van der Waals surface area contributed by atoms with Crippen LogP contribution in [0, 0.1) is 0 Å². The number of allylic oxidation sites excluding steroid dienone is 2. The molecule has 0 bridgehead atoms. The lowest BCUT2D eigenvalue weighted by Crippen LogP contribution is -2.44. The van der Waals surface area contributed by atoms with Gasteiger partial charge in [0.05, 0.1) is 17.3 Å². The minimum absolute atomic E-state index is 0.0143. The Labute approximate surface area is 133 Å². The van der Waals surface area contributed by atoms with Gasteiger partial charge in [-0.05, 0) is 19.4 Å². The number of ether oxygens (including phenoxy) is 1. The number of carbonyl (C=O) groups excluding carboxylic acids is 2. The second kappa shape index (κ2) is 8.52. The highest BCUT2D eigenvalue weighted by molar-refractivity contribution is 6.35. The third-order valence-electron chi connectivity index (χ3n) is 2.80. The van der Waals surface area contributed by atoms with Gasteiger partial charge in [0.2, 0.25) is 0 Å². The van der Waals surface area contributed by atoms with E-state index in [4.69, 9.17) is 22.2 Å². The van der Waals surface area contributed by atoms with E-state index in [-0.39, 0.29) is 19.2 Å². The molecule has 1 atom stereocenters. The average Bonchev–Trinajstić information content (AvgIpc) is 2.47. The molecular weight excluding hydrogens is 310 g/mol. The number of nitrogens with zero attached hydrogens (tertiary/aromatic N) is 1. The number of amidine groups is 1. The molecule has 1 unspecified atom stereocenters. The van der Waals surface area contributed by atoms with Crippen LogP contribution < -0.4 is 21.9 Å². The number of hydrogen-bond acceptors (Lipinski definition) is 5. The Balaban J connectivity index is 3.23. The second-order valence-electron chi connectivity index (χ2n) is 4.69. The first-order chi connectivity index (χ1) is 10.4. The first-order valence-electron chi connectivity index (χ1n) is 6.58. The average molecular weight is 330 g/mol. The summed E-state index contributed by atoms with van der Waals surface area (Å²) < 4.78 is 4.95. The lowest BCUT2D eigenvalue weighted by Gasteiger charge is -2.16. The third kappa shape index (κ3) is 5.14. The summed E-state index contributed by atoms with van der Waals surface area (Å²) in [7, 11) is 1.50. The Hall–Kier alpha value is -1.90. The summed E-state index contributed by atoms with van der Waals surface area (Å²) in [6, 6.07) is -0.346. The molecule has 2 amide bonds. The Morgan fingerprint density at radius 3 is 2.82 bits per heavy atom. The molecule has 9 heteroatoms. The predicted molar refractivity (Wildman–Crippen MR) is 83.9 cm³/mol. The van der Waals surface area contributed by atoms with Crippen molar-refractivity contribution in [1.82, 2.24) is 16.1 Å². The van der Waals surface area contributed by atoms with Crippen LogP contribution in [0.1, 0.15) is 13.8 Å². The number of rotatable bonds is 3. The summed E-state index contributed by atoms with van der Waals surface area (Å²) >= 11 is 6.32. The lowest BCUT2D eigenvalue weighted by atomic mass is 10.1. The normalized spacial score (nSPS) is 26.7. The molecule has 0 radical (unpaired) electrons. The molecule has 0 saturated carbocycles. The Kier molecular flexibility index (Phi) is 7.03. The summed E-state index contributed by atoms with van der Waals surface area (Å²) in [6.45, 7) is 3.66. The number of aliphatic imine (C=N–C) groups is 1. The van der Waals surface area contributed by atoms with Crippen molar-refractivity contribution >= 4 is 29.3 Å². The van der Waals surface area contributed by atoms with Gasteiger partial charge in [-0.1, -0.05) is 17.7 Å². The zero-order valence-corrected chi connectivity index (χ0v) is 13.5. The standard InChI is InChI=1S/C13H20ClN5O3/c1-7-4-8(2)17-13(21)12(20)16-5-9(11(7)14)18-10(19-15)6-22-3/h4,8H,5-6,15H2,1-3H3,(H,16,20)(H,17,21)(H,18,19)/b7-4-,11-9-. The fourth-order valence-electron chi connectivity index (χ4n) is 1.81. The van der Waals surface area contributed by atoms with E-state index in [0.29, 0.717) is 16.6 Å². The largest absolute Gasteiger partial charge is 0.377 e. The molecule has 0 aliphatic carbocycles. The first-order valence-corrected chi connectivity index (χ1v) is 6.96. The molecule has 0 aromatic rings. The molecule has 5 N–H and O–H groups in total. The van der Waals surface area contributed by atoms with E-state index in [1.165, 1.54) is 7.11 Å². The van der Waals surface area contributed by atoms with Gasteiger partial charge in [0, 0.05) is 13.2 Å². The zero-order valence-electron chi connectivity index (χ0n) is 12.7. The van der Waals surface area contributed by atoms with Crippen molar-refractivity contribution in [2.45, 2.75) is 19.9 Å². The van der Waals surface area contributed by atoms with Crippen LogP contribution in [0.2, 0.25) is 0 Å². The van der Waals surface area contributed by atoms with E-state index >= 15 is 0 Å². The molecule has 1 heterocycles. The number of nitrogens with one attached hydrogen (secondary N) is 3. The SMILES string of the molecule is COCC(=N/C1=C(Cl)/C(C)=C\C(C)NC(=O)C(=O)NC1)NN. The van der Waals surface area contributed by atoms with Gasteiger partial charge in [0.15, 0.2) is 0 Å². The van der Waals surface area contributed by atoms with E-state index in [1.54, 1.807) is 19.9 Å². The van der Waals surface area contributed by atoms with Gasteiger partial charge in [-0.2, -0.15) is 0 Å². The molecule has 1 aliphatic heterocycles. The van der Waals surface area contributed by atoms with Crippen LogP contribution in [0.3, 0.4) is 0 Å². The zero-order chi connectivity index (χ0) is 16.7. The van der Waals surface area contributed by atoms with Crippen LogP contribution in [0.4, 0.5) is 0 Å². The van der Waals surface area contributed by atoms with E-state index in [1.807, 2.05) is 0 Å². The van der Waals surface area contributed by atoms with E-state index < -0.39 is 11.8 Å². The molecule has 1 aliphatic rings. The number of amides is 2. The van der Waals surface area contributed by atoms with Crippen molar-refractivity contribution in [3.63, 3.8) is 0 Å². The van der Waals surface area contributed by atoms with Crippen LogP contribution in [0.5, 0.6) is 0 Å². The summed E-state index contributed by atoms with van der Waals surface area (Å²) in [6.07, 6.45) is 1.74. The highest BCUT2D eigenvalue weighted by atomic mass is 35.5. The summed E-state index contributed by atoms with van der Waals surface area (Å²) in [5, 5.41) is 5.37. The molecule has 0 fully saturated rings. The van der Waals surface area contributed by atoms with Crippen molar-refractivity contribution in [2.75, 3.05) is 20.3 Å². The quantitative estimate of drug-likeness (QED) is 0.183. The van der Waals surface area contributed by atoms with Crippen LogP contribution in [-0.2, 0) is 14.3 Å². The van der Waals surface area contributed by atoms with Crippen molar-refractivity contribution in [3.05, 3.63) is 22.4 Å². The Morgan fingerprint density at radius 1 is 1.55 bits per heavy atom. The van der Waals surface area contributed by atoms with Gasteiger partial charge in [0.25, 0.3) is 0 Å². The third-order valence-corrected chi connectivity index (χ3v) is 3.31. The molecule has 8 nitrogen and oxygen atoms in total. The minimum Gasteiger partial charge on any atom is -0.377 e. The van der Waals surface area contributed by atoms with Crippen molar-refractivity contribution in [2.24, 2.45) is 10.8 Å². The molecule has 122 valence electrons. The van der Waals surface area contributed by atoms with Crippen LogP contribution in [0.15, 0.2) is 27.4 Å². The first kappa shape index (κ1) is 18.1. The summed E-state index contributed by atoms with van der Waals surface area (Å²) in [4.78, 5) is 27.5. The molecule has 1 rings (SSSR count). The number of carbonyl (C=O) groups is 2. The highest BCUT2D eigenvalue weighted by Gasteiger charge is 2.19.